The summed E-state index contributed by atoms with van der Waals surface area (Å²) in [6, 6.07) is 16.5. The van der Waals surface area contributed by atoms with Gasteiger partial charge in [0.25, 0.3) is 5.91 Å². The van der Waals surface area contributed by atoms with Crippen LogP contribution in [0.4, 0.5) is 0 Å². The summed E-state index contributed by atoms with van der Waals surface area (Å²) in [4.78, 5) is 15.4. The zero-order chi connectivity index (χ0) is 22.6. The van der Waals surface area contributed by atoms with Gasteiger partial charge in [0.2, 0.25) is 0 Å². The second kappa shape index (κ2) is 9.74. The maximum Gasteiger partial charge on any atom is 0.259 e. The van der Waals surface area contributed by atoms with Crippen molar-refractivity contribution in [3.63, 3.8) is 0 Å². The molecule has 0 aromatic heterocycles. The third kappa shape index (κ3) is 4.80. The second-order valence-electron chi connectivity index (χ2n) is 9.15. The minimum atomic E-state index is -1.45. The van der Waals surface area contributed by atoms with Crippen molar-refractivity contribution in [2.75, 3.05) is 13.1 Å². The minimum absolute atomic E-state index is 0.0354. The van der Waals surface area contributed by atoms with Crippen molar-refractivity contribution < 1.29 is 15.0 Å². The summed E-state index contributed by atoms with van der Waals surface area (Å²) in [6.07, 6.45) is 5.85. The van der Waals surface area contributed by atoms with Crippen LogP contribution >= 0.6 is 0 Å². The molecule has 1 saturated carbocycles. The van der Waals surface area contributed by atoms with Crippen LogP contribution in [0.3, 0.4) is 0 Å². The van der Waals surface area contributed by atoms with E-state index in [1.165, 1.54) is 0 Å². The molecule has 4 N–H and O–H groups in total. The van der Waals surface area contributed by atoms with Crippen molar-refractivity contribution in [2.24, 2.45) is 5.92 Å². The average Bonchev–Trinajstić information content (AvgIpc) is 3.36. The Kier molecular flexibility index (Phi) is 6.80. The monoisotopic (exact) mass is 435 g/mol. The molecule has 0 unspecified atom stereocenters. The fraction of sp³-hybridized carbons (Fsp3) is 0.462. The number of nitrogens with zero attached hydrogens (tertiary/aromatic N) is 1. The van der Waals surface area contributed by atoms with E-state index in [9.17, 15) is 15.0 Å². The second-order valence-corrected chi connectivity index (χ2v) is 9.15. The van der Waals surface area contributed by atoms with Crippen LogP contribution in [0.25, 0.3) is 0 Å². The van der Waals surface area contributed by atoms with Gasteiger partial charge < -0.3 is 20.4 Å². The quantitative estimate of drug-likeness (QED) is 0.412. The highest BCUT2D eigenvalue weighted by Crippen LogP contribution is 2.42. The SMILES string of the molecule is N=C(Cc1ccc(O)cc1)NC1CCN(C(=O)[C@](O)(c2ccccc2)C2CCCC2)CC1. The van der Waals surface area contributed by atoms with Gasteiger partial charge in [-0.1, -0.05) is 55.3 Å². The molecule has 6 heteroatoms. The molecule has 1 aliphatic carbocycles. The molecule has 0 spiro atoms. The molecular formula is C26H33N3O3. The van der Waals surface area contributed by atoms with Crippen molar-refractivity contribution in [2.45, 2.75) is 56.6 Å². The molecule has 6 nitrogen and oxygen atoms in total. The van der Waals surface area contributed by atoms with Crippen LogP contribution in [0.15, 0.2) is 54.6 Å². The molecule has 2 aromatic rings. The minimum Gasteiger partial charge on any atom is -0.508 e. The predicted molar refractivity (Wildman–Crippen MR) is 125 cm³/mol. The van der Waals surface area contributed by atoms with E-state index in [1.54, 1.807) is 12.1 Å². The summed E-state index contributed by atoms with van der Waals surface area (Å²) in [5.74, 6) is 0.450. The molecule has 32 heavy (non-hydrogen) atoms. The Balaban J connectivity index is 1.36. The number of carbonyl (C=O) groups is 1. The number of aliphatic hydroxyl groups is 1. The predicted octanol–water partition coefficient (Wildman–Crippen LogP) is 3.57. The van der Waals surface area contributed by atoms with E-state index in [0.717, 1.165) is 44.1 Å². The Morgan fingerprint density at radius 2 is 1.62 bits per heavy atom. The third-order valence-electron chi connectivity index (χ3n) is 6.96. The maximum absolute atomic E-state index is 13.6. The Hall–Kier alpha value is -2.86. The molecule has 1 heterocycles. The normalized spacial score (nSPS) is 19.5. The van der Waals surface area contributed by atoms with Gasteiger partial charge in [0.05, 0.1) is 5.84 Å². The van der Waals surface area contributed by atoms with Crippen molar-refractivity contribution in [3.8, 4) is 5.75 Å². The summed E-state index contributed by atoms with van der Waals surface area (Å²) in [6.45, 7) is 1.15. The topological polar surface area (TPSA) is 96.7 Å². The number of phenolic OH excluding ortho intramolecular Hbond substituents is 1. The molecule has 0 radical (unpaired) electrons. The van der Waals surface area contributed by atoms with Crippen LogP contribution < -0.4 is 5.32 Å². The molecule has 2 aliphatic rings. The highest BCUT2D eigenvalue weighted by Gasteiger charge is 2.48. The Bertz CT molecular complexity index is 917. The summed E-state index contributed by atoms with van der Waals surface area (Å²) in [5, 5.41) is 32.7. The van der Waals surface area contributed by atoms with E-state index < -0.39 is 5.60 Å². The van der Waals surface area contributed by atoms with Crippen LogP contribution in [0.2, 0.25) is 0 Å². The van der Waals surface area contributed by atoms with Gasteiger partial charge in [-0.3, -0.25) is 10.2 Å². The first-order chi connectivity index (χ1) is 15.5. The van der Waals surface area contributed by atoms with Crippen LogP contribution in [-0.2, 0) is 16.8 Å². The summed E-state index contributed by atoms with van der Waals surface area (Å²) < 4.78 is 0. The van der Waals surface area contributed by atoms with E-state index in [2.05, 4.69) is 5.32 Å². The Morgan fingerprint density at radius 3 is 2.25 bits per heavy atom. The maximum atomic E-state index is 13.6. The fourth-order valence-corrected chi connectivity index (χ4v) is 5.15. The zero-order valence-electron chi connectivity index (χ0n) is 18.5. The lowest BCUT2D eigenvalue weighted by Gasteiger charge is -2.40. The van der Waals surface area contributed by atoms with E-state index >= 15 is 0 Å². The van der Waals surface area contributed by atoms with Gasteiger partial charge in [0.1, 0.15) is 5.75 Å². The largest absolute Gasteiger partial charge is 0.508 e. The number of rotatable bonds is 6. The number of likely N-dealkylation sites (tertiary alicyclic amines) is 1. The lowest BCUT2D eigenvalue weighted by Crippen LogP contribution is -2.55. The molecule has 2 fully saturated rings. The number of hydrogen-bond acceptors (Lipinski definition) is 4. The molecule has 1 saturated heterocycles. The van der Waals surface area contributed by atoms with Gasteiger partial charge in [-0.15, -0.1) is 0 Å². The Morgan fingerprint density at radius 1 is 1.00 bits per heavy atom. The van der Waals surface area contributed by atoms with Gasteiger partial charge in [-0.25, -0.2) is 0 Å². The number of phenols is 1. The smallest absolute Gasteiger partial charge is 0.259 e. The number of carbonyl (C=O) groups excluding carboxylic acids is 1. The van der Waals surface area contributed by atoms with Gasteiger partial charge in [-0.2, -0.15) is 0 Å². The molecule has 2 aromatic carbocycles. The van der Waals surface area contributed by atoms with Crippen molar-refractivity contribution in [1.29, 1.82) is 5.41 Å². The van der Waals surface area contributed by atoms with Crippen LogP contribution in [-0.4, -0.2) is 46.0 Å². The number of nitrogens with one attached hydrogen (secondary N) is 2. The molecular weight excluding hydrogens is 402 g/mol. The number of amidine groups is 1. The first-order valence-electron chi connectivity index (χ1n) is 11.7. The standard InChI is InChI=1S/C26H33N3O3/c27-24(18-19-10-12-23(30)13-11-19)28-22-14-16-29(17-15-22)25(31)26(32,21-8-4-5-9-21)20-6-2-1-3-7-20/h1-3,6-7,10-13,21-22,30,32H,4-5,8-9,14-18H2,(H2,27,28)/t26-/m0/s1. The van der Waals surface area contributed by atoms with Crippen LogP contribution in [0, 0.1) is 11.3 Å². The number of amides is 1. The van der Waals surface area contributed by atoms with E-state index in [0.29, 0.717) is 30.9 Å². The number of piperidine rings is 1. The van der Waals surface area contributed by atoms with Gasteiger partial charge in [0, 0.05) is 31.5 Å². The van der Waals surface area contributed by atoms with E-state index in [-0.39, 0.29) is 23.6 Å². The van der Waals surface area contributed by atoms with Gasteiger partial charge >= 0.3 is 0 Å². The lowest BCUT2D eigenvalue weighted by atomic mass is 9.78. The van der Waals surface area contributed by atoms with Crippen molar-refractivity contribution in [1.82, 2.24) is 10.2 Å². The molecule has 4 rings (SSSR count). The third-order valence-corrected chi connectivity index (χ3v) is 6.96. The van der Waals surface area contributed by atoms with Crippen LogP contribution in [0.5, 0.6) is 5.75 Å². The molecule has 1 aliphatic heterocycles. The van der Waals surface area contributed by atoms with Gasteiger partial charge in [-0.05, 0) is 48.9 Å². The number of aromatic hydroxyl groups is 1. The van der Waals surface area contributed by atoms with E-state index in [4.69, 9.17) is 5.41 Å². The van der Waals surface area contributed by atoms with Crippen molar-refractivity contribution >= 4 is 11.7 Å². The highest BCUT2D eigenvalue weighted by molar-refractivity contribution is 5.87. The van der Waals surface area contributed by atoms with E-state index in [1.807, 2.05) is 47.4 Å². The molecule has 0 bridgehead atoms. The summed E-state index contributed by atoms with van der Waals surface area (Å²) in [5.41, 5.74) is 0.217. The average molecular weight is 436 g/mol. The highest BCUT2D eigenvalue weighted by atomic mass is 16.3. The van der Waals surface area contributed by atoms with Gasteiger partial charge in [0.15, 0.2) is 5.60 Å². The Labute approximate surface area is 189 Å². The molecule has 1 atom stereocenters. The molecule has 170 valence electrons. The first-order valence-corrected chi connectivity index (χ1v) is 11.7. The first kappa shape index (κ1) is 22.3. The summed E-state index contributed by atoms with van der Waals surface area (Å²) in [7, 11) is 0. The van der Waals surface area contributed by atoms with Crippen LogP contribution in [0.1, 0.15) is 49.7 Å². The number of benzene rings is 2. The zero-order valence-corrected chi connectivity index (χ0v) is 18.5. The fourth-order valence-electron chi connectivity index (χ4n) is 5.15. The van der Waals surface area contributed by atoms with Crippen molar-refractivity contribution in [3.05, 3.63) is 65.7 Å². The molecule has 1 amide bonds. The summed E-state index contributed by atoms with van der Waals surface area (Å²) >= 11 is 0. The lowest BCUT2D eigenvalue weighted by molar-refractivity contribution is -0.160. The number of hydrogen-bond donors (Lipinski definition) is 4.